The lowest BCUT2D eigenvalue weighted by Gasteiger charge is -2.53. The number of likely N-dealkylation sites (tertiary alicyclic amines) is 1. The first-order chi connectivity index (χ1) is 17.7. The summed E-state index contributed by atoms with van der Waals surface area (Å²) < 4.78 is 11.8. The van der Waals surface area contributed by atoms with E-state index in [9.17, 15) is 14.7 Å². The maximum absolute atomic E-state index is 14.0. The van der Waals surface area contributed by atoms with E-state index in [1.807, 2.05) is 55.1 Å². The van der Waals surface area contributed by atoms with Crippen LogP contribution in [0.25, 0.3) is 11.0 Å². The van der Waals surface area contributed by atoms with E-state index in [1.54, 1.807) is 6.92 Å². The van der Waals surface area contributed by atoms with Crippen LogP contribution in [0.2, 0.25) is 5.02 Å². The topological polar surface area (TPSA) is 80.0 Å². The third-order valence-electron chi connectivity index (χ3n) is 8.13. The molecule has 1 saturated heterocycles. The van der Waals surface area contributed by atoms with E-state index in [-0.39, 0.29) is 17.9 Å². The Balaban J connectivity index is 1.49. The molecule has 2 heterocycles. The average molecular weight is 524 g/mol. The largest absolute Gasteiger partial charge is 0.480 e. The minimum atomic E-state index is -0.774. The molecule has 3 unspecified atom stereocenters. The highest BCUT2D eigenvalue weighted by Gasteiger charge is 2.50. The minimum absolute atomic E-state index is 0.0481. The van der Waals surface area contributed by atoms with Gasteiger partial charge in [0.25, 0.3) is 5.91 Å². The quantitative estimate of drug-likeness (QED) is 0.416. The van der Waals surface area contributed by atoms with Crippen LogP contribution in [0.3, 0.4) is 0 Å². The number of ether oxygens (including phenoxy) is 1. The van der Waals surface area contributed by atoms with E-state index in [0.717, 1.165) is 47.8 Å². The lowest BCUT2D eigenvalue weighted by Crippen LogP contribution is -2.58. The fourth-order valence-corrected chi connectivity index (χ4v) is 6.44. The summed E-state index contributed by atoms with van der Waals surface area (Å²) >= 11 is 6.17. The number of aliphatic hydroxyl groups is 1. The smallest absolute Gasteiger partial charge is 0.336 e. The Labute approximate surface area is 222 Å². The van der Waals surface area contributed by atoms with Crippen molar-refractivity contribution in [3.8, 4) is 5.75 Å². The van der Waals surface area contributed by atoms with E-state index >= 15 is 0 Å². The Hall–Kier alpha value is -2.83. The number of benzene rings is 2. The van der Waals surface area contributed by atoms with Crippen molar-refractivity contribution in [1.82, 2.24) is 4.90 Å². The number of aryl methyl sites for hydroxylation is 2. The van der Waals surface area contributed by atoms with Crippen molar-refractivity contribution < 1.29 is 19.1 Å². The molecule has 1 aliphatic heterocycles. The Kier molecular flexibility index (Phi) is 7.08. The highest BCUT2D eigenvalue weighted by molar-refractivity contribution is 6.30. The van der Waals surface area contributed by atoms with Gasteiger partial charge in [-0.3, -0.25) is 4.79 Å². The molecule has 1 saturated carbocycles. The van der Waals surface area contributed by atoms with Gasteiger partial charge in [0.15, 0.2) is 6.10 Å². The summed E-state index contributed by atoms with van der Waals surface area (Å²) in [5, 5.41) is 12.9. The van der Waals surface area contributed by atoms with Gasteiger partial charge in [0.2, 0.25) is 0 Å². The zero-order valence-corrected chi connectivity index (χ0v) is 22.4. The van der Waals surface area contributed by atoms with Crippen LogP contribution in [0.15, 0.2) is 51.7 Å². The number of fused-ring (bicyclic) bond motifs is 2. The normalized spacial score (nSPS) is 24.5. The van der Waals surface area contributed by atoms with E-state index < -0.39 is 17.3 Å². The number of halogens is 1. The molecule has 196 valence electrons. The van der Waals surface area contributed by atoms with Gasteiger partial charge in [-0.1, -0.05) is 43.5 Å². The standard InChI is InChI=1S/C30H34ClNO5/c1-4-20-17-26(33)37-25-16-18(2)15-24(27(20)25)36-19(3)29(34)32-14-13-30(35)12-6-5-7-23(30)28(32)21-8-10-22(31)11-9-21/h8-11,15-17,19,23,28,35H,4-7,12-14H2,1-3H3/t19?,23?,28-,30?/m0/s1. The summed E-state index contributed by atoms with van der Waals surface area (Å²) in [6.07, 6.45) is 4.08. The molecule has 0 radical (unpaired) electrons. The highest BCUT2D eigenvalue weighted by Crippen LogP contribution is 2.49. The van der Waals surface area contributed by atoms with Crippen LogP contribution in [-0.2, 0) is 11.2 Å². The molecule has 0 bridgehead atoms. The molecule has 1 aromatic heterocycles. The molecule has 7 heteroatoms. The first-order valence-electron chi connectivity index (χ1n) is 13.2. The van der Waals surface area contributed by atoms with Crippen molar-refractivity contribution in [3.05, 3.63) is 74.6 Å². The molecule has 1 aliphatic carbocycles. The van der Waals surface area contributed by atoms with Gasteiger partial charge < -0.3 is 19.2 Å². The first-order valence-corrected chi connectivity index (χ1v) is 13.6. The zero-order chi connectivity index (χ0) is 26.3. The summed E-state index contributed by atoms with van der Waals surface area (Å²) in [6.45, 7) is 6.10. The number of amides is 1. The van der Waals surface area contributed by atoms with Gasteiger partial charge in [-0.25, -0.2) is 4.79 Å². The molecule has 2 fully saturated rings. The lowest BCUT2D eigenvalue weighted by atomic mass is 9.66. The molecule has 2 aromatic carbocycles. The molecule has 1 amide bonds. The van der Waals surface area contributed by atoms with Crippen molar-refractivity contribution in [2.45, 2.75) is 77.0 Å². The van der Waals surface area contributed by atoms with Crippen molar-refractivity contribution in [2.75, 3.05) is 6.54 Å². The van der Waals surface area contributed by atoms with Gasteiger partial charge in [-0.2, -0.15) is 0 Å². The van der Waals surface area contributed by atoms with Gasteiger partial charge in [0, 0.05) is 23.6 Å². The van der Waals surface area contributed by atoms with Crippen molar-refractivity contribution in [3.63, 3.8) is 0 Å². The lowest BCUT2D eigenvalue weighted by molar-refractivity contribution is -0.161. The Bertz CT molecular complexity index is 1370. The van der Waals surface area contributed by atoms with E-state index in [1.165, 1.54) is 6.07 Å². The number of hydrogen-bond acceptors (Lipinski definition) is 5. The second-order valence-corrected chi connectivity index (χ2v) is 11.0. The Morgan fingerprint density at radius 1 is 1.22 bits per heavy atom. The predicted molar refractivity (Wildman–Crippen MR) is 144 cm³/mol. The molecule has 0 spiro atoms. The monoisotopic (exact) mass is 523 g/mol. The molecule has 5 rings (SSSR count). The number of piperidine rings is 1. The molecule has 3 aromatic rings. The average Bonchev–Trinajstić information content (AvgIpc) is 2.87. The number of carbonyl (C=O) groups excluding carboxylic acids is 1. The van der Waals surface area contributed by atoms with Crippen molar-refractivity contribution in [2.24, 2.45) is 5.92 Å². The molecule has 6 nitrogen and oxygen atoms in total. The van der Waals surface area contributed by atoms with Gasteiger partial charge in [0.1, 0.15) is 11.3 Å². The fourth-order valence-electron chi connectivity index (χ4n) is 6.32. The van der Waals surface area contributed by atoms with E-state index in [2.05, 4.69) is 0 Å². The number of carbonyl (C=O) groups is 1. The van der Waals surface area contributed by atoms with Crippen LogP contribution in [0.4, 0.5) is 0 Å². The molecule has 2 aliphatic rings. The number of hydrogen-bond donors (Lipinski definition) is 1. The molecule has 1 N–H and O–H groups in total. The fraction of sp³-hybridized carbons (Fsp3) is 0.467. The van der Waals surface area contributed by atoms with E-state index in [0.29, 0.717) is 35.7 Å². The molecular weight excluding hydrogens is 490 g/mol. The van der Waals surface area contributed by atoms with Gasteiger partial charge in [-0.15, -0.1) is 0 Å². The second-order valence-electron chi connectivity index (χ2n) is 10.6. The van der Waals surface area contributed by atoms with Crippen LogP contribution >= 0.6 is 11.6 Å². The van der Waals surface area contributed by atoms with Crippen LogP contribution in [0.1, 0.15) is 68.7 Å². The highest BCUT2D eigenvalue weighted by atomic mass is 35.5. The first kappa shape index (κ1) is 25.8. The zero-order valence-electron chi connectivity index (χ0n) is 21.6. The second kappa shape index (κ2) is 10.1. The molecular formula is C30H34ClNO5. The van der Waals surface area contributed by atoms with Crippen molar-refractivity contribution in [1.29, 1.82) is 0 Å². The summed E-state index contributed by atoms with van der Waals surface area (Å²) in [5.74, 6) is 0.358. The molecule has 4 atom stereocenters. The van der Waals surface area contributed by atoms with E-state index in [4.69, 9.17) is 20.8 Å². The summed E-state index contributed by atoms with van der Waals surface area (Å²) in [7, 11) is 0. The maximum atomic E-state index is 14.0. The van der Waals surface area contributed by atoms with Crippen LogP contribution in [-0.4, -0.2) is 34.2 Å². The Morgan fingerprint density at radius 3 is 2.70 bits per heavy atom. The third-order valence-corrected chi connectivity index (χ3v) is 8.38. The third kappa shape index (κ3) is 4.89. The summed E-state index contributed by atoms with van der Waals surface area (Å²) in [5.41, 5.74) is 1.97. The number of nitrogens with zero attached hydrogens (tertiary/aromatic N) is 1. The van der Waals surface area contributed by atoms with Gasteiger partial charge in [-0.05, 0) is 80.5 Å². The van der Waals surface area contributed by atoms with Crippen molar-refractivity contribution >= 4 is 28.5 Å². The SMILES string of the molecule is CCc1cc(=O)oc2cc(C)cc(OC(C)C(=O)N3CCC4(O)CCCCC4[C@@H]3c3ccc(Cl)cc3)c12. The summed E-state index contributed by atoms with van der Waals surface area (Å²) in [4.78, 5) is 27.9. The van der Waals surface area contributed by atoms with Crippen LogP contribution in [0.5, 0.6) is 5.75 Å². The molecule has 37 heavy (non-hydrogen) atoms. The van der Waals surface area contributed by atoms with Gasteiger partial charge >= 0.3 is 5.63 Å². The van der Waals surface area contributed by atoms with Crippen LogP contribution < -0.4 is 10.4 Å². The Morgan fingerprint density at radius 2 is 1.97 bits per heavy atom. The van der Waals surface area contributed by atoms with Gasteiger partial charge in [0.05, 0.1) is 17.0 Å². The minimum Gasteiger partial charge on any atom is -0.480 e. The maximum Gasteiger partial charge on any atom is 0.336 e. The summed E-state index contributed by atoms with van der Waals surface area (Å²) in [6, 6.07) is 12.5. The predicted octanol–water partition coefficient (Wildman–Crippen LogP) is 5.98. The number of rotatable bonds is 5. The van der Waals surface area contributed by atoms with Crippen LogP contribution in [0, 0.1) is 12.8 Å².